The molecule has 0 aromatic heterocycles. The summed E-state index contributed by atoms with van der Waals surface area (Å²) in [5, 5.41) is 9.09. The summed E-state index contributed by atoms with van der Waals surface area (Å²) in [4.78, 5) is 11.3. The first kappa shape index (κ1) is 11.5. The second-order valence-electron chi connectivity index (χ2n) is 4.19. The third-order valence-electron chi connectivity index (χ3n) is 3.07. The van der Waals surface area contributed by atoms with Crippen LogP contribution in [0.3, 0.4) is 0 Å². The molecule has 1 aliphatic carbocycles. The topological polar surface area (TPSA) is 46.5 Å². The van der Waals surface area contributed by atoms with Crippen LogP contribution in [0.5, 0.6) is 0 Å². The van der Waals surface area contributed by atoms with Crippen LogP contribution in [0.25, 0.3) is 0 Å². The van der Waals surface area contributed by atoms with E-state index in [1.807, 2.05) is 6.92 Å². The highest BCUT2D eigenvalue weighted by Gasteiger charge is 2.34. The van der Waals surface area contributed by atoms with Crippen LogP contribution in [0.1, 0.15) is 52.4 Å². The molecule has 0 radical (unpaired) electrons. The zero-order valence-corrected chi connectivity index (χ0v) is 9.08. The van der Waals surface area contributed by atoms with E-state index in [1.165, 1.54) is 13.3 Å². The monoisotopic (exact) mass is 200 g/mol. The number of esters is 1. The summed E-state index contributed by atoms with van der Waals surface area (Å²) in [7, 11) is 0. The van der Waals surface area contributed by atoms with Gasteiger partial charge in [-0.15, -0.1) is 0 Å². The van der Waals surface area contributed by atoms with Gasteiger partial charge in [0, 0.05) is 0 Å². The minimum absolute atomic E-state index is 0.285. The zero-order chi connectivity index (χ0) is 10.6. The van der Waals surface area contributed by atoms with Crippen LogP contribution in [-0.2, 0) is 9.53 Å². The zero-order valence-electron chi connectivity index (χ0n) is 9.08. The molecule has 1 rings (SSSR count). The minimum Gasteiger partial charge on any atom is -0.457 e. The van der Waals surface area contributed by atoms with Gasteiger partial charge in [-0.1, -0.05) is 13.3 Å². The number of rotatable bonds is 3. The highest BCUT2D eigenvalue weighted by Crippen LogP contribution is 2.34. The van der Waals surface area contributed by atoms with Gasteiger partial charge in [0.1, 0.15) is 11.7 Å². The van der Waals surface area contributed by atoms with Gasteiger partial charge in [-0.05, 0) is 39.0 Å². The highest BCUT2D eigenvalue weighted by atomic mass is 16.6. The number of hydrogen-bond acceptors (Lipinski definition) is 3. The lowest BCUT2D eigenvalue weighted by Crippen LogP contribution is -2.39. The molecule has 1 fully saturated rings. The maximum absolute atomic E-state index is 11.3. The minimum atomic E-state index is -1.000. The van der Waals surface area contributed by atoms with E-state index in [0.717, 1.165) is 32.1 Å². The van der Waals surface area contributed by atoms with E-state index in [1.54, 1.807) is 0 Å². The molecule has 0 heterocycles. The Kier molecular flexibility index (Phi) is 3.93. The van der Waals surface area contributed by atoms with Gasteiger partial charge in [-0.25, -0.2) is 4.79 Å². The van der Waals surface area contributed by atoms with Gasteiger partial charge in [0.05, 0.1) is 0 Å². The van der Waals surface area contributed by atoms with E-state index in [-0.39, 0.29) is 5.60 Å². The normalized spacial score (nSPS) is 22.8. The summed E-state index contributed by atoms with van der Waals surface area (Å²) in [6, 6.07) is 0. The van der Waals surface area contributed by atoms with Gasteiger partial charge in [0.15, 0.2) is 0 Å². The molecule has 1 atom stereocenters. The van der Waals surface area contributed by atoms with Gasteiger partial charge in [0.2, 0.25) is 0 Å². The fourth-order valence-corrected chi connectivity index (χ4v) is 2.02. The third-order valence-corrected chi connectivity index (χ3v) is 3.07. The Morgan fingerprint density at radius 2 is 2.00 bits per heavy atom. The average molecular weight is 200 g/mol. The predicted octanol–water partition coefficient (Wildman–Crippen LogP) is 2.02. The van der Waals surface area contributed by atoms with E-state index in [4.69, 9.17) is 9.84 Å². The van der Waals surface area contributed by atoms with Crippen molar-refractivity contribution in [1.29, 1.82) is 0 Å². The summed E-state index contributed by atoms with van der Waals surface area (Å²) >= 11 is 0. The Morgan fingerprint density at radius 3 is 2.43 bits per heavy atom. The Balaban J connectivity index is 2.56. The molecule has 82 valence electrons. The van der Waals surface area contributed by atoms with Gasteiger partial charge in [0.25, 0.3) is 0 Å². The maximum atomic E-state index is 11.3. The molecule has 0 aliphatic heterocycles. The van der Waals surface area contributed by atoms with Gasteiger partial charge in [-0.3, -0.25) is 0 Å². The molecule has 0 amide bonds. The molecule has 1 N–H and O–H groups in total. The quantitative estimate of drug-likeness (QED) is 0.709. The number of ether oxygens (including phenoxy) is 1. The maximum Gasteiger partial charge on any atom is 0.335 e. The molecule has 1 aliphatic rings. The Bertz CT molecular complexity index is 193. The van der Waals surface area contributed by atoms with Crippen LogP contribution in [-0.4, -0.2) is 22.8 Å². The molecule has 14 heavy (non-hydrogen) atoms. The molecule has 0 saturated heterocycles. The number of carbonyl (C=O) groups is 1. The lowest BCUT2D eigenvalue weighted by Gasteiger charge is -2.36. The van der Waals surface area contributed by atoms with Gasteiger partial charge < -0.3 is 9.84 Å². The Morgan fingerprint density at radius 1 is 1.43 bits per heavy atom. The second kappa shape index (κ2) is 4.78. The van der Waals surface area contributed by atoms with E-state index in [2.05, 4.69) is 0 Å². The van der Waals surface area contributed by atoms with Crippen molar-refractivity contribution in [1.82, 2.24) is 0 Å². The summed E-state index contributed by atoms with van der Waals surface area (Å²) in [6.07, 6.45) is 5.23. The van der Waals surface area contributed by atoms with Crippen molar-refractivity contribution >= 4 is 5.97 Å². The summed E-state index contributed by atoms with van der Waals surface area (Å²) in [5.41, 5.74) is -0.285. The number of aliphatic hydroxyl groups is 1. The summed E-state index contributed by atoms with van der Waals surface area (Å²) in [5.74, 6) is -0.478. The largest absolute Gasteiger partial charge is 0.457 e. The molecule has 0 aromatic rings. The van der Waals surface area contributed by atoms with E-state index < -0.39 is 12.1 Å². The average Bonchev–Trinajstić information content (AvgIpc) is 2.19. The molecule has 1 unspecified atom stereocenters. The van der Waals surface area contributed by atoms with Crippen molar-refractivity contribution in [2.24, 2.45) is 0 Å². The Hall–Kier alpha value is -0.570. The fraction of sp³-hybridized carbons (Fsp3) is 0.909. The third kappa shape index (κ3) is 2.71. The van der Waals surface area contributed by atoms with Crippen molar-refractivity contribution < 1.29 is 14.6 Å². The second-order valence-corrected chi connectivity index (χ2v) is 4.19. The van der Waals surface area contributed by atoms with Crippen molar-refractivity contribution in [2.45, 2.75) is 64.1 Å². The SMILES string of the molecule is CCC1(OC(=O)C(C)O)CCCCC1. The van der Waals surface area contributed by atoms with Crippen molar-refractivity contribution in [3.05, 3.63) is 0 Å². The lowest BCUT2D eigenvalue weighted by atomic mass is 9.83. The summed E-state index contributed by atoms with van der Waals surface area (Å²) in [6.45, 7) is 3.50. The molecule has 3 nitrogen and oxygen atoms in total. The standard InChI is InChI=1S/C11H20O3/c1-3-11(7-5-4-6-8-11)14-10(13)9(2)12/h9,12H,3-8H2,1-2H3. The first-order valence-corrected chi connectivity index (χ1v) is 5.50. The molecular weight excluding hydrogens is 180 g/mol. The van der Waals surface area contributed by atoms with Crippen LogP contribution in [0, 0.1) is 0 Å². The molecule has 0 bridgehead atoms. The number of carbonyl (C=O) groups excluding carboxylic acids is 1. The lowest BCUT2D eigenvalue weighted by molar-refractivity contribution is -0.172. The van der Waals surface area contributed by atoms with Crippen LogP contribution >= 0.6 is 0 Å². The van der Waals surface area contributed by atoms with E-state index in [0.29, 0.717) is 0 Å². The number of hydrogen-bond donors (Lipinski definition) is 1. The molecular formula is C11H20O3. The first-order chi connectivity index (χ1) is 6.59. The van der Waals surface area contributed by atoms with Gasteiger partial charge >= 0.3 is 5.97 Å². The molecule has 3 heteroatoms. The van der Waals surface area contributed by atoms with E-state index >= 15 is 0 Å². The summed E-state index contributed by atoms with van der Waals surface area (Å²) < 4.78 is 5.40. The highest BCUT2D eigenvalue weighted by molar-refractivity contribution is 5.74. The molecule has 1 saturated carbocycles. The predicted molar refractivity (Wildman–Crippen MR) is 53.9 cm³/mol. The van der Waals surface area contributed by atoms with Crippen LogP contribution in [0.2, 0.25) is 0 Å². The fourth-order valence-electron chi connectivity index (χ4n) is 2.02. The molecule has 0 spiro atoms. The van der Waals surface area contributed by atoms with Crippen molar-refractivity contribution in [3.63, 3.8) is 0 Å². The van der Waals surface area contributed by atoms with Crippen molar-refractivity contribution in [2.75, 3.05) is 0 Å². The van der Waals surface area contributed by atoms with Gasteiger partial charge in [-0.2, -0.15) is 0 Å². The smallest absolute Gasteiger partial charge is 0.335 e. The Labute approximate surface area is 85.5 Å². The van der Waals surface area contributed by atoms with Crippen LogP contribution < -0.4 is 0 Å². The van der Waals surface area contributed by atoms with E-state index in [9.17, 15) is 4.79 Å². The van der Waals surface area contributed by atoms with Crippen LogP contribution in [0.15, 0.2) is 0 Å². The molecule has 0 aromatic carbocycles. The van der Waals surface area contributed by atoms with Crippen molar-refractivity contribution in [3.8, 4) is 0 Å². The first-order valence-electron chi connectivity index (χ1n) is 5.50. The van der Waals surface area contributed by atoms with Crippen LogP contribution in [0.4, 0.5) is 0 Å². The number of aliphatic hydroxyl groups excluding tert-OH is 1.